The van der Waals surface area contributed by atoms with Crippen LogP contribution in [-0.2, 0) is 17.8 Å². The Bertz CT molecular complexity index is 1880. The molecule has 2 aliphatic heterocycles. The number of nitrogens with one attached hydrogen (secondary N) is 2. The number of halogens is 1. The van der Waals surface area contributed by atoms with Crippen molar-refractivity contribution in [3.05, 3.63) is 136 Å². The number of aromatic amines is 1. The molecular weight excluding hydrogens is 548 g/mol. The van der Waals surface area contributed by atoms with Crippen LogP contribution in [0.5, 0.6) is 0 Å². The summed E-state index contributed by atoms with van der Waals surface area (Å²) >= 11 is 5.99. The minimum absolute atomic E-state index is 0.254. The van der Waals surface area contributed by atoms with E-state index in [9.17, 15) is 14.4 Å². The van der Waals surface area contributed by atoms with Crippen molar-refractivity contribution >= 4 is 46.0 Å². The summed E-state index contributed by atoms with van der Waals surface area (Å²) in [6.07, 6.45) is 0.383. The van der Waals surface area contributed by atoms with Crippen LogP contribution in [0.25, 0.3) is 10.9 Å². The van der Waals surface area contributed by atoms with Gasteiger partial charge in [0.05, 0.1) is 11.3 Å². The Morgan fingerprint density at radius 2 is 1.64 bits per heavy atom. The molecule has 0 spiro atoms. The first-order valence-corrected chi connectivity index (χ1v) is 14.2. The van der Waals surface area contributed by atoms with Crippen LogP contribution in [0.15, 0.2) is 97.1 Å². The highest BCUT2D eigenvalue weighted by Crippen LogP contribution is 2.45. The summed E-state index contributed by atoms with van der Waals surface area (Å²) in [6.45, 7) is 2.29. The van der Waals surface area contributed by atoms with Crippen LogP contribution < -0.4 is 10.2 Å². The number of hydrogen-bond acceptors (Lipinski definition) is 3. The second-order valence-electron chi connectivity index (χ2n) is 10.7. The Balaban J connectivity index is 1.28. The third kappa shape index (κ3) is 4.16. The molecule has 2 unspecified atom stereocenters. The maximum Gasteiger partial charge on any atom is 0.332 e. The van der Waals surface area contributed by atoms with E-state index in [-0.39, 0.29) is 29.6 Å². The molecule has 4 amide bonds. The van der Waals surface area contributed by atoms with E-state index in [1.54, 1.807) is 41.3 Å². The van der Waals surface area contributed by atoms with Crippen molar-refractivity contribution in [2.24, 2.45) is 0 Å². The van der Waals surface area contributed by atoms with Gasteiger partial charge in [0.25, 0.3) is 11.8 Å². The lowest BCUT2D eigenvalue weighted by Crippen LogP contribution is -2.44. The van der Waals surface area contributed by atoms with Crippen molar-refractivity contribution in [3.63, 3.8) is 0 Å². The standard InChI is InChI=1S/C34H27ClN4O3/c1-20-8-2-3-9-23(20)31-30-26(24-10-4-6-12-27(24)37-30)18-29-33(41)39(34(42)38(29)31)28-13-7-5-11-25(28)32(40)36-19-21-14-16-22(35)17-15-21/h2-17,29,31,37H,18-19H2,1H3,(H,36,40). The number of fused-ring (bicyclic) bond motifs is 4. The van der Waals surface area contributed by atoms with Crippen LogP contribution in [-0.4, -0.2) is 33.8 Å². The lowest BCUT2D eigenvalue weighted by atomic mass is 9.87. The van der Waals surface area contributed by atoms with Crippen LogP contribution in [0.1, 0.15) is 44.3 Å². The molecule has 8 heteroatoms. The van der Waals surface area contributed by atoms with Crippen LogP contribution in [0.2, 0.25) is 5.02 Å². The number of rotatable bonds is 5. The molecule has 7 nitrogen and oxygen atoms in total. The number of imide groups is 1. The van der Waals surface area contributed by atoms with E-state index in [1.165, 1.54) is 4.90 Å². The first-order chi connectivity index (χ1) is 20.4. The first-order valence-electron chi connectivity index (χ1n) is 13.9. The van der Waals surface area contributed by atoms with Gasteiger partial charge in [-0.3, -0.25) is 14.5 Å². The predicted octanol–water partition coefficient (Wildman–Crippen LogP) is 6.54. The van der Waals surface area contributed by atoms with Gasteiger partial charge in [-0.25, -0.2) is 9.69 Å². The number of aromatic nitrogens is 1. The number of urea groups is 1. The average Bonchev–Trinajstić information content (AvgIpc) is 3.50. The molecule has 7 rings (SSSR count). The Hall–Kier alpha value is -4.88. The zero-order valence-corrected chi connectivity index (χ0v) is 23.6. The van der Waals surface area contributed by atoms with Crippen molar-refractivity contribution in [2.45, 2.75) is 32.0 Å². The number of anilines is 1. The molecule has 2 N–H and O–H groups in total. The van der Waals surface area contributed by atoms with Crippen LogP contribution >= 0.6 is 11.6 Å². The molecule has 208 valence electrons. The quantitative estimate of drug-likeness (QED) is 0.234. The van der Waals surface area contributed by atoms with Crippen LogP contribution in [0, 0.1) is 6.92 Å². The van der Waals surface area contributed by atoms with E-state index in [4.69, 9.17) is 11.6 Å². The fraction of sp³-hybridized carbons (Fsp3) is 0.147. The minimum Gasteiger partial charge on any atom is -0.356 e. The molecule has 0 saturated carbocycles. The topological polar surface area (TPSA) is 85.5 Å². The number of carbonyl (C=O) groups is 3. The van der Waals surface area contributed by atoms with Gasteiger partial charge in [0.1, 0.15) is 12.1 Å². The van der Waals surface area contributed by atoms with E-state index >= 15 is 0 Å². The summed E-state index contributed by atoms with van der Waals surface area (Å²) in [6, 6.07) is 28.3. The number of hydrogen-bond donors (Lipinski definition) is 2. The Morgan fingerprint density at radius 3 is 2.45 bits per heavy atom. The van der Waals surface area contributed by atoms with E-state index in [2.05, 4.69) is 16.4 Å². The number of H-pyrrole nitrogens is 1. The maximum absolute atomic E-state index is 14.3. The molecule has 0 radical (unpaired) electrons. The second-order valence-corrected chi connectivity index (χ2v) is 11.2. The van der Waals surface area contributed by atoms with Gasteiger partial charge in [0.15, 0.2) is 0 Å². The number of nitrogens with zero attached hydrogens (tertiary/aromatic N) is 2. The second kappa shape index (κ2) is 10.2. The predicted molar refractivity (Wildman–Crippen MR) is 163 cm³/mol. The van der Waals surface area contributed by atoms with Crippen molar-refractivity contribution in [1.82, 2.24) is 15.2 Å². The highest BCUT2D eigenvalue weighted by molar-refractivity contribution is 6.30. The van der Waals surface area contributed by atoms with E-state index < -0.39 is 18.1 Å². The Morgan fingerprint density at radius 1 is 0.929 bits per heavy atom. The van der Waals surface area contributed by atoms with E-state index in [1.807, 2.05) is 61.5 Å². The number of benzene rings is 4. The lowest BCUT2D eigenvalue weighted by molar-refractivity contribution is -0.120. The number of amides is 4. The van der Waals surface area contributed by atoms with Gasteiger partial charge in [0.2, 0.25) is 0 Å². The zero-order valence-electron chi connectivity index (χ0n) is 22.8. The van der Waals surface area contributed by atoms with Crippen LogP contribution in [0.3, 0.4) is 0 Å². The molecule has 3 heterocycles. The van der Waals surface area contributed by atoms with Gasteiger partial charge in [-0.15, -0.1) is 0 Å². The van der Waals surface area contributed by atoms with Gasteiger partial charge in [-0.2, -0.15) is 0 Å². The van der Waals surface area contributed by atoms with Gasteiger partial charge in [0, 0.05) is 34.6 Å². The largest absolute Gasteiger partial charge is 0.356 e. The molecule has 1 fully saturated rings. The molecule has 4 aromatic carbocycles. The molecule has 5 aromatic rings. The van der Waals surface area contributed by atoms with Gasteiger partial charge >= 0.3 is 6.03 Å². The number of aryl methyl sites for hydroxylation is 1. The molecule has 0 aliphatic carbocycles. The molecule has 2 atom stereocenters. The van der Waals surface area contributed by atoms with Gasteiger partial charge in [-0.1, -0.05) is 78.3 Å². The van der Waals surface area contributed by atoms with Crippen molar-refractivity contribution in [3.8, 4) is 0 Å². The fourth-order valence-corrected chi connectivity index (χ4v) is 6.38. The van der Waals surface area contributed by atoms with Crippen molar-refractivity contribution in [2.75, 3.05) is 4.90 Å². The Labute approximate surface area is 247 Å². The van der Waals surface area contributed by atoms with E-state index in [0.29, 0.717) is 11.4 Å². The van der Waals surface area contributed by atoms with Gasteiger partial charge < -0.3 is 10.3 Å². The maximum atomic E-state index is 14.3. The SMILES string of the molecule is Cc1ccccc1C1c2[nH]c3ccccc3c2CC2C(=O)N(c3ccccc3C(=O)NCc3ccc(Cl)cc3)C(=O)N21. The first kappa shape index (κ1) is 26.0. The molecule has 1 saturated heterocycles. The summed E-state index contributed by atoms with van der Waals surface area (Å²) in [5.74, 6) is -0.717. The third-order valence-corrected chi connectivity index (χ3v) is 8.54. The van der Waals surface area contributed by atoms with E-state index in [0.717, 1.165) is 38.9 Å². The molecule has 1 aromatic heterocycles. The average molecular weight is 575 g/mol. The number of para-hydroxylation sites is 2. The highest BCUT2D eigenvalue weighted by Gasteiger charge is 2.53. The minimum atomic E-state index is -0.709. The van der Waals surface area contributed by atoms with Crippen molar-refractivity contribution < 1.29 is 14.4 Å². The lowest BCUT2D eigenvalue weighted by Gasteiger charge is -2.36. The molecular formula is C34H27ClN4O3. The summed E-state index contributed by atoms with van der Waals surface area (Å²) in [5.41, 5.74) is 6.31. The Kier molecular flexibility index (Phi) is 6.32. The monoisotopic (exact) mass is 574 g/mol. The van der Waals surface area contributed by atoms with Gasteiger partial charge in [-0.05, 0) is 59.5 Å². The molecule has 42 heavy (non-hydrogen) atoms. The molecule has 2 aliphatic rings. The zero-order chi connectivity index (χ0) is 29.0. The highest BCUT2D eigenvalue weighted by atomic mass is 35.5. The summed E-state index contributed by atoms with van der Waals surface area (Å²) in [7, 11) is 0. The van der Waals surface area contributed by atoms with Crippen molar-refractivity contribution in [1.29, 1.82) is 0 Å². The third-order valence-electron chi connectivity index (χ3n) is 8.29. The molecule has 0 bridgehead atoms. The summed E-state index contributed by atoms with van der Waals surface area (Å²) < 4.78 is 0. The number of carbonyl (C=O) groups excluding carboxylic acids is 3. The summed E-state index contributed by atoms with van der Waals surface area (Å²) in [4.78, 5) is 48.3. The normalized spacial score (nSPS) is 17.9. The van der Waals surface area contributed by atoms with Crippen LogP contribution in [0.4, 0.5) is 10.5 Å². The summed E-state index contributed by atoms with van der Waals surface area (Å²) in [5, 5.41) is 4.57. The fourth-order valence-electron chi connectivity index (χ4n) is 6.25. The smallest absolute Gasteiger partial charge is 0.332 e.